The summed E-state index contributed by atoms with van der Waals surface area (Å²) in [5.74, 6) is -0.647. The fraction of sp³-hybridized carbons (Fsp3) is 0.286. The maximum Gasteiger partial charge on any atom is 0.341 e. The Morgan fingerprint density at radius 3 is 3.08 bits per heavy atom. The van der Waals surface area contributed by atoms with Gasteiger partial charge in [-0.05, 0) is 6.92 Å². The van der Waals surface area contributed by atoms with Gasteiger partial charge in [-0.2, -0.15) is 5.10 Å². The molecule has 1 aromatic heterocycles. The number of nitrogens with one attached hydrogen (secondary N) is 1. The average molecular weight is 203 g/mol. The Kier molecular flexibility index (Phi) is 3.02. The lowest BCUT2D eigenvalue weighted by Crippen LogP contribution is -2.14. The van der Waals surface area contributed by atoms with Crippen LogP contribution in [0.2, 0.25) is 5.15 Å². The average Bonchev–Trinajstić information content (AvgIpc) is 2.09. The van der Waals surface area contributed by atoms with Crippen molar-refractivity contribution in [3.05, 3.63) is 27.1 Å². The summed E-state index contributed by atoms with van der Waals surface area (Å²) >= 11 is 5.54. The minimum absolute atomic E-state index is 0.0210. The lowest BCUT2D eigenvalue weighted by atomic mass is 10.3. The molecule has 0 aliphatic heterocycles. The highest BCUT2D eigenvalue weighted by molar-refractivity contribution is 6.32. The van der Waals surface area contributed by atoms with Crippen molar-refractivity contribution in [2.75, 3.05) is 6.61 Å². The van der Waals surface area contributed by atoms with Gasteiger partial charge in [0, 0.05) is 6.07 Å². The van der Waals surface area contributed by atoms with Crippen LogP contribution in [0.5, 0.6) is 0 Å². The molecule has 0 saturated carbocycles. The van der Waals surface area contributed by atoms with Gasteiger partial charge in [-0.1, -0.05) is 11.6 Å². The molecule has 0 radical (unpaired) electrons. The molecule has 0 bridgehead atoms. The summed E-state index contributed by atoms with van der Waals surface area (Å²) in [6.07, 6.45) is 0. The number of H-pyrrole nitrogens is 1. The van der Waals surface area contributed by atoms with Gasteiger partial charge in [0.05, 0.1) is 6.61 Å². The fourth-order valence-electron chi connectivity index (χ4n) is 0.739. The van der Waals surface area contributed by atoms with E-state index < -0.39 is 11.5 Å². The highest BCUT2D eigenvalue weighted by Crippen LogP contribution is 2.09. The quantitative estimate of drug-likeness (QED) is 0.713. The van der Waals surface area contributed by atoms with Gasteiger partial charge in [0.2, 0.25) is 0 Å². The van der Waals surface area contributed by atoms with Crippen molar-refractivity contribution in [2.45, 2.75) is 6.92 Å². The van der Waals surface area contributed by atoms with Crippen molar-refractivity contribution in [2.24, 2.45) is 0 Å². The fourth-order valence-corrected chi connectivity index (χ4v) is 0.913. The molecule has 0 aromatic carbocycles. The van der Waals surface area contributed by atoms with Gasteiger partial charge >= 0.3 is 5.97 Å². The van der Waals surface area contributed by atoms with Crippen molar-refractivity contribution in [1.82, 2.24) is 10.2 Å². The summed E-state index contributed by atoms with van der Waals surface area (Å²) in [4.78, 5) is 21.9. The number of halogens is 1. The first-order valence-electron chi connectivity index (χ1n) is 3.57. The first kappa shape index (κ1) is 9.73. The molecule has 1 N–H and O–H groups in total. The number of aromatic amines is 1. The van der Waals surface area contributed by atoms with Gasteiger partial charge in [0.1, 0.15) is 5.56 Å². The van der Waals surface area contributed by atoms with Crippen molar-refractivity contribution in [3.63, 3.8) is 0 Å². The molecule has 6 heteroatoms. The second-order valence-electron chi connectivity index (χ2n) is 2.16. The molecule has 0 saturated heterocycles. The zero-order valence-corrected chi connectivity index (χ0v) is 7.59. The first-order chi connectivity index (χ1) is 6.15. The lowest BCUT2D eigenvalue weighted by molar-refractivity contribution is 0.0525. The topological polar surface area (TPSA) is 72.1 Å². The largest absolute Gasteiger partial charge is 0.462 e. The van der Waals surface area contributed by atoms with Crippen LogP contribution in [0.1, 0.15) is 17.3 Å². The third kappa shape index (κ3) is 2.29. The molecule has 0 unspecified atom stereocenters. The van der Waals surface area contributed by atoms with E-state index in [4.69, 9.17) is 11.6 Å². The Morgan fingerprint density at radius 1 is 1.77 bits per heavy atom. The third-order valence-electron chi connectivity index (χ3n) is 1.26. The normalized spacial score (nSPS) is 9.69. The monoisotopic (exact) mass is 202 g/mol. The minimum atomic E-state index is -0.647. The highest BCUT2D eigenvalue weighted by atomic mass is 35.5. The Morgan fingerprint density at radius 2 is 2.46 bits per heavy atom. The van der Waals surface area contributed by atoms with Gasteiger partial charge in [0.25, 0.3) is 5.56 Å². The third-order valence-corrected chi connectivity index (χ3v) is 1.55. The number of hydrogen-bond acceptors (Lipinski definition) is 4. The van der Waals surface area contributed by atoms with E-state index in [2.05, 4.69) is 14.9 Å². The maximum atomic E-state index is 11.1. The van der Waals surface area contributed by atoms with E-state index in [1.807, 2.05) is 0 Å². The Bertz CT molecular complexity index is 374. The van der Waals surface area contributed by atoms with Crippen LogP contribution in [0.4, 0.5) is 0 Å². The van der Waals surface area contributed by atoms with Gasteiger partial charge in [-0.3, -0.25) is 4.79 Å². The van der Waals surface area contributed by atoms with E-state index in [0.717, 1.165) is 6.07 Å². The molecule has 0 aliphatic carbocycles. The SMILES string of the molecule is CCOC(=O)c1cc(=O)[nH]nc1Cl. The summed E-state index contributed by atoms with van der Waals surface area (Å²) in [5, 5.41) is 5.43. The number of rotatable bonds is 2. The summed E-state index contributed by atoms with van der Waals surface area (Å²) in [7, 11) is 0. The number of aromatic nitrogens is 2. The second kappa shape index (κ2) is 4.04. The predicted octanol–water partition coefficient (Wildman–Crippen LogP) is 0.600. The summed E-state index contributed by atoms with van der Waals surface area (Å²) in [5.41, 5.74) is -0.514. The van der Waals surface area contributed by atoms with Crippen molar-refractivity contribution in [1.29, 1.82) is 0 Å². The van der Waals surface area contributed by atoms with Crippen LogP contribution in [-0.2, 0) is 4.74 Å². The molecule has 1 heterocycles. The summed E-state index contributed by atoms with van der Waals surface area (Å²) in [6, 6.07) is 1.05. The van der Waals surface area contributed by atoms with Gasteiger partial charge in [0.15, 0.2) is 5.15 Å². The van der Waals surface area contributed by atoms with Crippen LogP contribution >= 0.6 is 11.6 Å². The lowest BCUT2D eigenvalue weighted by Gasteiger charge is -2.00. The molecule has 0 amide bonds. The molecular formula is C7H7ClN2O3. The van der Waals surface area contributed by atoms with Crippen LogP contribution < -0.4 is 5.56 Å². The Labute approximate surface area is 78.7 Å². The number of carbonyl (C=O) groups excluding carboxylic acids is 1. The first-order valence-corrected chi connectivity index (χ1v) is 3.95. The molecular weight excluding hydrogens is 196 g/mol. The van der Waals surface area contributed by atoms with E-state index in [1.54, 1.807) is 6.92 Å². The van der Waals surface area contributed by atoms with Crippen LogP contribution in [-0.4, -0.2) is 22.8 Å². The molecule has 5 nitrogen and oxygen atoms in total. The van der Waals surface area contributed by atoms with Crippen molar-refractivity contribution >= 4 is 17.6 Å². The molecule has 1 aromatic rings. The van der Waals surface area contributed by atoms with E-state index >= 15 is 0 Å². The number of ether oxygens (including phenoxy) is 1. The molecule has 1 rings (SSSR count). The molecule has 0 atom stereocenters. The molecule has 0 aliphatic rings. The van der Waals surface area contributed by atoms with E-state index in [-0.39, 0.29) is 17.3 Å². The van der Waals surface area contributed by atoms with Gasteiger partial charge in [-0.25, -0.2) is 9.89 Å². The van der Waals surface area contributed by atoms with Crippen LogP contribution in [0.3, 0.4) is 0 Å². The molecule has 13 heavy (non-hydrogen) atoms. The number of hydrogen-bond donors (Lipinski definition) is 1. The number of esters is 1. The van der Waals surface area contributed by atoms with E-state index in [9.17, 15) is 9.59 Å². The Hall–Kier alpha value is -1.36. The van der Waals surface area contributed by atoms with Crippen LogP contribution in [0, 0.1) is 0 Å². The summed E-state index contributed by atoms with van der Waals surface area (Å²) < 4.78 is 4.65. The van der Waals surface area contributed by atoms with E-state index in [0.29, 0.717) is 0 Å². The summed E-state index contributed by atoms with van der Waals surface area (Å²) in [6.45, 7) is 1.88. The van der Waals surface area contributed by atoms with Gasteiger partial charge in [-0.15, -0.1) is 0 Å². The Balaban J connectivity index is 3.06. The van der Waals surface area contributed by atoms with Crippen LogP contribution in [0.25, 0.3) is 0 Å². The maximum absolute atomic E-state index is 11.1. The molecule has 70 valence electrons. The number of carbonyl (C=O) groups is 1. The molecule has 0 fully saturated rings. The predicted molar refractivity (Wildman–Crippen MR) is 45.8 cm³/mol. The van der Waals surface area contributed by atoms with Crippen molar-refractivity contribution in [3.8, 4) is 0 Å². The smallest absolute Gasteiger partial charge is 0.341 e. The van der Waals surface area contributed by atoms with E-state index in [1.165, 1.54) is 0 Å². The zero-order chi connectivity index (χ0) is 9.84. The number of nitrogens with zero attached hydrogens (tertiary/aromatic N) is 1. The molecule has 0 spiro atoms. The second-order valence-corrected chi connectivity index (χ2v) is 2.52. The van der Waals surface area contributed by atoms with Crippen molar-refractivity contribution < 1.29 is 9.53 Å². The minimum Gasteiger partial charge on any atom is -0.462 e. The standard InChI is InChI=1S/C7H7ClN2O3/c1-2-13-7(12)4-3-5(11)9-10-6(4)8/h3H,2H2,1H3,(H,9,11). The highest BCUT2D eigenvalue weighted by Gasteiger charge is 2.12. The van der Waals surface area contributed by atoms with Gasteiger partial charge < -0.3 is 4.74 Å². The van der Waals surface area contributed by atoms with Crippen LogP contribution in [0.15, 0.2) is 10.9 Å². The zero-order valence-electron chi connectivity index (χ0n) is 6.83.